The Balaban J connectivity index is 0.00000300. The summed E-state index contributed by atoms with van der Waals surface area (Å²) < 4.78 is 7.80. The van der Waals surface area contributed by atoms with Crippen LogP contribution in [0.25, 0.3) is 0 Å². The number of thiophene rings is 1. The molecule has 3 heterocycles. The highest BCUT2D eigenvalue weighted by atomic mass is 127. The first-order chi connectivity index (χ1) is 13.7. The van der Waals surface area contributed by atoms with Gasteiger partial charge in [-0.3, -0.25) is 9.89 Å². The lowest BCUT2D eigenvalue weighted by molar-refractivity contribution is -0.0334. The fraction of sp³-hybridized carbons (Fsp3) is 0.632. The number of aromatic nitrogens is 3. The molecular weight excluding hydrogens is 501 g/mol. The molecule has 0 radical (unpaired) electrons. The average Bonchev–Trinajstić information content (AvgIpc) is 3.39. The largest absolute Gasteiger partial charge is 0.376 e. The van der Waals surface area contributed by atoms with Gasteiger partial charge in [0.15, 0.2) is 5.96 Å². The van der Waals surface area contributed by atoms with Crippen LogP contribution in [-0.4, -0.2) is 71.6 Å². The lowest BCUT2D eigenvalue weighted by Crippen LogP contribution is -2.48. The third-order valence-corrected chi connectivity index (χ3v) is 5.90. The molecule has 2 aromatic heterocycles. The van der Waals surface area contributed by atoms with Crippen molar-refractivity contribution in [1.82, 2.24) is 30.3 Å². The van der Waals surface area contributed by atoms with Crippen LogP contribution in [0.4, 0.5) is 0 Å². The number of aliphatic imine (C=N–C) groups is 1. The summed E-state index contributed by atoms with van der Waals surface area (Å²) in [6, 6.07) is 4.65. The standard InChI is InChI=1S/C19H31N7OS.HI/c1-4-18-24-23-14-26(18)8-7-21-19(20-3)22-12-16(17-6-5-11-28-17)25-9-10-27-15(2)13-25;/h5-6,11,14-16H,4,7-10,12-13H2,1-3H3,(H2,20,21,22);1H. The van der Waals surface area contributed by atoms with E-state index in [1.54, 1.807) is 17.7 Å². The molecule has 1 fully saturated rings. The van der Waals surface area contributed by atoms with Crippen LogP contribution in [0.3, 0.4) is 0 Å². The molecule has 1 saturated heterocycles. The van der Waals surface area contributed by atoms with Crippen molar-refractivity contribution >= 4 is 41.3 Å². The van der Waals surface area contributed by atoms with Gasteiger partial charge in [0.1, 0.15) is 12.2 Å². The fourth-order valence-electron chi connectivity index (χ4n) is 3.47. The molecule has 0 amide bonds. The summed E-state index contributed by atoms with van der Waals surface area (Å²) in [6.45, 7) is 9.30. The SMILES string of the molecule is CCc1nncn1CCNC(=NC)NCC(c1cccs1)N1CCOC(C)C1.I. The minimum Gasteiger partial charge on any atom is -0.376 e. The number of rotatable bonds is 8. The normalized spacial score (nSPS) is 18.9. The summed E-state index contributed by atoms with van der Waals surface area (Å²) in [6.07, 6.45) is 2.93. The predicted molar refractivity (Wildman–Crippen MR) is 128 cm³/mol. The van der Waals surface area contributed by atoms with Crippen LogP contribution in [0, 0.1) is 0 Å². The Morgan fingerprint density at radius 2 is 2.31 bits per heavy atom. The molecule has 1 aliphatic heterocycles. The second-order valence-electron chi connectivity index (χ2n) is 6.88. The van der Waals surface area contributed by atoms with E-state index < -0.39 is 0 Å². The number of guanidine groups is 1. The molecule has 1 aliphatic rings. The molecule has 2 N–H and O–H groups in total. The van der Waals surface area contributed by atoms with Gasteiger partial charge in [-0.05, 0) is 18.4 Å². The maximum atomic E-state index is 5.72. The average molecular weight is 533 g/mol. The van der Waals surface area contributed by atoms with Crippen LogP contribution in [0.1, 0.15) is 30.6 Å². The van der Waals surface area contributed by atoms with E-state index in [4.69, 9.17) is 4.74 Å². The lowest BCUT2D eigenvalue weighted by Gasteiger charge is -2.37. The third-order valence-electron chi connectivity index (χ3n) is 4.93. The van der Waals surface area contributed by atoms with Gasteiger partial charge in [0.25, 0.3) is 0 Å². The molecule has 10 heteroatoms. The van der Waals surface area contributed by atoms with E-state index in [0.717, 1.165) is 57.5 Å². The summed E-state index contributed by atoms with van der Waals surface area (Å²) in [5.41, 5.74) is 0. The Hall–Kier alpha value is -1.24. The number of hydrogen-bond donors (Lipinski definition) is 2. The number of aryl methyl sites for hydroxylation is 1. The number of halogens is 1. The molecule has 8 nitrogen and oxygen atoms in total. The number of hydrogen-bond acceptors (Lipinski definition) is 6. The topological polar surface area (TPSA) is 79.6 Å². The van der Waals surface area contributed by atoms with Crippen molar-refractivity contribution < 1.29 is 4.74 Å². The molecule has 2 aromatic rings. The number of nitrogens with zero attached hydrogens (tertiary/aromatic N) is 5. The summed E-state index contributed by atoms with van der Waals surface area (Å²) in [5.74, 6) is 1.82. The number of nitrogens with one attached hydrogen (secondary N) is 2. The van der Waals surface area contributed by atoms with Gasteiger partial charge in [-0.2, -0.15) is 0 Å². The first-order valence-electron chi connectivity index (χ1n) is 9.91. The number of morpholine rings is 1. The first-order valence-corrected chi connectivity index (χ1v) is 10.8. The van der Waals surface area contributed by atoms with E-state index in [1.165, 1.54) is 4.88 Å². The molecule has 3 rings (SSSR count). The lowest BCUT2D eigenvalue weighted by atomic mass is 10.1. The zero-order chi connectivity index (χ0) is 19.8. The molecule has 0 bridgehead atoms. The summed E-state index contributed by atoms with van der Waals surface area (Å²) in [7, 11) is 1.81. The summed E-state index contributed by atoms with van der Waals surface area (Å²) >= 11 is 1.81. The molecule has 0 aliphatic carbocycles. The van der Waals surface area contributed by atoms with Gasteiger partial charge >= 0.3 is 0 Å². The minimum absolute atomic E-state index is 0. The number of ether oxygens (including phenoxy) is 1. The van der Waals surface area contributed by atoms with Crippen molar-refractivity contribution in [2.75, 3.05) is 39.8 Å². The maximum Gasteiger partial charge on any atom is 0.191 e. The zero-order valence-corrected chi connectivity index (χ0v) is 20.5. The third kappa shape index (κ3) is 6.90. The Bertz CT molecular complexity index is 737. The molecule has 0 spiro atoms. The Morgan fingerprint density at radius 1 is 1.45 bits per heavy atom. The van der Waals surface area contributed by atoms with E-state index in [1.807, 2.05) is 7.05 Å². The van der Waals surface area contributed by atoms with Crippen molar-refractivity contribution in [1.29, 1.82) is 0 Å². The fourth-order valence-corrected chi connectivity index (χ4v) is 4.33. The first kappa shape index (κ1) is 24.0. The summed E-state index contributed by atoms with van der Waals surface area (Å²) in [5, 5.41) is 17.1. The molecule has 2 unspecified atom stereocenters. The van der Waals surface area contributed by atoms with E-state index in [9.17, 15) is 0 Å². The van der Waals surface area contributed by atoms with Crippen molar-refractivity contribution in [3.8, 4) is 0 Å². The van der Waals surface area contributed by atoms with Crippen molar-refractivity contribution in [2.45, 2.75) is 39.0 Å². The molecule has 2 atom stereocenters. The second kappa shape index (κ2) is 12.5. The van der Waals surface area contributed by atoms with E-state index >= 15 is 0 Å². The molecule has 0 aromatic carbocycles. The molecule has 162 valence electrons. The van der Waals surface area contributed by atoms with Crippen molar-refractivity contribution in [3.63, 3.8) is 0 Å². The summed E-state index contributed by atoms with van der Waals surface area (Å²) in [4.78, 5) is 8.25. The highest BCUT2D eigenvalue weighted by molar-refractivity contribution is 14.0. The van der Waals surface area contributed by atoms with Gasteiger partial charge in [-0.15, -0.1) is 45.5 Å². The van der Waals surface area contributed by atoms with Crippen LogP contribution in [0.5, 0.6) is 0 Å². The second-order valence-corrected chi connectivity index (χ2v) is 7.86. The molecular formula is C19H32IN7OS. The molecule has 29 heavy (non-hydrogen) atoms. The quantitative estimate of drug-likeness (QED) is 0.308. The van der Waals surface area contributed by atoms with Crippen LogP contribution < -0.4 is 10.6 Å². The predicted octanol–water partition coefficient (Wildman–Crippen LogP) is 2.15. The Morgan fingerprint density at radius 3 is 3.00 bits per heavy atom. The highest BCUT2D eigenvalue weighted by Gasteiger charge is 2.26. The Labute approximate surface area is 194 Å². The van der Waals surface area contributed by atoms with Gasteiger partial charge in [0.05, 0.1) is 18.8 Å². The van der Waals surface area contributed by atoms with Crippen LogP contribution in [0.2, 0.25) is 0 Å². The Kier molecular flexibility index (Phi) is 10.3. The van der Waals surface area contributed by atoms with E-state index in [2.05, 4.69) is 66.7 Å². The van der Waals surface area contributed by atoms with Crippen molar-refractivity contribution in [2.24, 2.45) is 4.99 Å². The minimum atomic E-state index is 0. The van der Waals surface area contributed by atoms with Crippen molar-refractivity contribution in [3.05, 3.63) is 34.5 Å². The monoisotopic (exact) mass is 533 g/mol. The van der Waals surface area contributed by atoms with Gasteiger partial charge in [0, 0.05) is 51.1 Å². The maximum absolute atomic E-state index is 5.72. The van der Waals surface area contributed by atoms with Gasteiger partial charge in [-0.1, -0.05) is 13.0 Å². The van der Waals surface area contributed by atoms with Crippen LogP contribution in [-0.2, 0) is 17.7 Å². The van der Waals surface area contributed by atoms with Gasteiger partial charge in [0.2, 0.25) is 0 Å². The van der Waals surface area contributed by atoms with E-state index in [0.29, 0.717) is 6.04 Å². The highest BCUT2D eigenvalue weighted by Crippen LogP contribution is 2.26. The van der Waals surface area contributed by atoms with Gasteiger partial charge in [-0.25, -0.2) is 0 Å². The van der Waals surface area contributed by atoms with E-state index in [-0.39, 0.29) is 30.1 Å². The van der Waals surface area contributed by atoms with Gasteiger partial charge < -0.3 is 19.9 Å². The van der Waals surface area contributed by atoms with Crippen LogP contribution in [0.15, 0.2) is 28.8 Å². The molecule has 0 saturated carbocycles. The van der Waals surface area contributed by atoms with Crippen LogP contribution >= 0.6 is 35.3 Å². The smallest absolute Gasteiger partial charge is 0.191 e. The zero-order valence-electron chi connectivity index (χ0n) is 17.4.